The summed E-state index contributed by atoms with van der Waals surface area (Å²) in [4.78, 5) is 37.7. The van der Waals surface area contributed by atoms with Crippen molar-refractivity contribution >= 4 is 91.6 Å². The van der Waals surface area contributed by atoms with Crippen LogP contribution in [0.4, 0.5) is 5.69 Å². The van der Waals surface area contributed by atoms with Gasteiger partial charge < -0.3 is 30.6 Å². The molecule has 1 aromatic carbocycles. The summed E-state index contributed by atoms with van der Waals surface area (Å²) < 4.78 is 1.16. The highest BCUT2D eigenvalue weighted by Crippen LogP contribution is 2.37. The van der Waals surface area contributed by atoms with Crippen LogP contribution in [0.1, 0.15) is 27.6 Å². The Kier molecular flexibility index (Phi) is 11.0. The van der Waals surface area contributed by atoms with Gasteiger partial charge >= 0.3 is 0 Å². The van der Waals surface area contributed by atoms with Crippen molar-refractivity contribution in [3.05, 3.63) is 21.8 Å². The molecule has 0 radical (unpaired) electrons. The van der Waals surface area contributed by atoms with Gasteiger partial charge in [-0.05, 0) is 67.8 Å². The van der Waals surface area contributed by atoms with E-state index in [1.54, 1.807) is 0 Å². The Morgan fingerprint density at radius 3 is 2.11 bits per heavy atom. The minimum atomic E-state index is -1.20. The first kappa shape index (κ1) is 25.9. The van der Waals surface area contributed by atoms with Crippen LogP contribution in [0, 0.1) is 10.7 Å². The number of aldehydes is 1. The predicted molar refractivity (Wildman–Crippen MR) is 127 cm³/mol. The van der Waals surface area contributed by atoms with Crippen molar-refractivity contribution in [1.82, 2.24) is 5.32 Å². The van der Waals surface area contributed by atoms with Crippen molar-refractivity contribution in [3.8, 4) is 0 Å². The van der Waals surface area contributed by atoms with E-state index in [2.05, 4.69) is 5.32 Å². The summed E-state index contributed by atoms with van der Waals surface area (Å²) in [5.74, 6) is -1.03. The Morgan fingerprint density at radius 2 is 1.64 bits per heavy atom. The molecule has 0 saturated carbocycles. The molecule has 156 valence electrons. The van der Waals surface area contributed by atoms with E-state index < -0.39 is 37.2 Å². The Morgan fingerprint density at radius 1 is 1.07 bits per heavy atom. The molecule has 0 bridgehead atoms. The number of hydrogen-bond donors (Lipinski definition) is 5. The molecule has 0 aliphatic rings. The van der Waals surface area contributed by atoms with Crippen LogP contribution in [0.15, 0.2) is 0 Å². The quantitative estimate of drug-likeness (QED) is 0.179. The molecule has 2 atom stereocenters. The zero-order valence-corrected chi connectivity index (χ0v) is 21.1. The summed E-state index contributed by atoms with van der Waals surface area (Å²) in [6, 6.07) is 0. The van der Waals surface area contributed by atoms with E-state index in [0.717, 1.165) is 0 Å². The highest BCUT2D eigenvalue weighted by molar-refractivity contribution is 14.1. The van der Waals surface area contributed by atoms with E-state index in [-0.39, 0.29) is 29.9 Å². The molecule has 2 amide bonds. The monoisotopic (exact) mass is 732 g/mol. The molecule has 1 rings (SSSR count). The van der Waals surface area contributed by atoms with Gasteiger partial charge in [-0.3, -0.25) is 14.4 Å². The SMILES string of the molecule is CC(=O)N(CC(O)CO)c1c(I)c(C=O)c(I)c(C(=O)NCC(O)CO)c1I. The lowest BCUT2D eigenvalue weighted by Crippen LogP contribution is -2.40. The average molecular weight is 732 g/mol. The molecule has 0 aliphatic carbocycles. The van der Waals surface area contributed by atoms with Gasteiger partial charge in [0.15, 0.2) is 6.29 Å². The van der Waals surface area contributed by atoms with Crippen LogP contribution in [-0.2, 0) is 4.79 Å². The predicted octanol–water partition coefficient (Wildman–Crippen LogP) is 0.102. The molecular formula is C16H19I3N2O7. The zero-order valence-electron chi connectivity index (χ0n) is 14.7. The minimum absolute atomic E-state index is 0.133. The number of aliphatic hydroxyl groups is 4. The third-order valence-corrected chi connectivity index (χ3v) is 6.90. The molecule has 9 nitrogen and oxygen atoms in total. The van der Waals surface area contributed by atoms with Gasteiger partial charge in [-0.2, -0.15) is 0 Å². The first-order valence-electron chi connectivity index (χ1n) is 7.90. The number of aliphatic hydroxyl groups excluding tert-OH is 4. The van der Waals surface area contributed by atoms with Gasteiger partial charge in [-0.25, -0.2) is 0 Å². The van der Waals surface area contributed by atoms with E-state index in [1.807, 2.05) is 67.8 Å². The lowest BCUT2D eigenvalue weighted by atomic mass is 10.1. The van der Waals surface area contributed by atoms with Crippen molar-refractivity contribution in [2.45, 2.75) is 19.1 Å². The second-order valence-corrected chi connectivity index (χ2v) is 8.95. The Hall–Kier alpha value is -0.140. The maximum absolute atomic E-state index is 12.7. The third-order valence-electron chi connectivity index (χ3n) is 3.64. The highest BCUT2D eigenvalue weighted by atomic mass is 127. The first-order valence-corrected chi connectivity index (χ1v) is 11.1. The summed E-state index contributed by atoms with van der Waals surface area (Å²) in [6.07, 6.45) is -1.77. The number of hydrogen-bond acceptors (Lipinski definition) is 7. The van der Waals surface area contributed by atoms with E-state index in [4.69, 9.17) is 10.2 Å². The van der Waals surface area contributed by atoms with Crippen LogP contribution in [0.25, 0.3) is 0 Å². The summed E-state index contributed by atoms with van der Waals surface area (Å²) in [5.41, 5.74) is 0.611. The number of carbonyl (C=O) groups is 3. The molecule has 0 fully saturated rings. The Bertz CT molecular complexity index is 760. The normalized spacial score (nSPS) is 13.0. The number of nitrogens with one attached hydrogen (secondary N) is 1. The summed E-state index contributed by atoms with van der Waals surface area (Å²) in [5, 5.41) is 39.7. The second-order valence-electron chi connectivity index (χ2n) is 5.71. The molecule has 2 unspecified atom stereocenters. The van der Waals surface area contributed by atoms with E-state index in [1.165, 1.54) is 11.8 Å². The number of rotatable bonds is 9. The second kappa shape index (κ2) is 11.9. The molecule has 0 spiro atoms. The molecule has 0 aromatic heterocycles. The van der Waals surface area contributed by atoms with Crippen molar-refractivity contribution in [2.75, 3.05) is 31.2 Å². The maximum Gasteiger partial charge on any atom is 0.253 e. The minimum Gasteiger partial charge on any atom is -0.394 e. The summed E-state index contributed by atoms with van der Waals surface area (Å²) >= 11 is 5.63. The van der Waals surface area contributed by atoms with Gasteiger partial charge in [-0.15, -0.1) is 0 Å². The Balaban J connectivity index is 3.58. The number of benzene rings is 1. The number of nitrogens with zero attached hydrogens (tertiary/aromatic N) is 1. The van der Waals surface area contributed by atoms with E-state index in [0.29, 0.717) is 17.0 Å². The molecule has 12 heteroatoms. The van der Waals surface area contributed by atoms with Crippen LogP contribution < -0.4 is 10.2 Å². The fourth-order valence-electron chi connectivity index (χ4n) is 2.22. The van der Waals surface area contributed by atoms with Crippen molar-refractivity contribution in [1.29, 1.82) is 0 Å². The van der Waals surface area contributed by atoms with Crippen molar-refractivity contribution in [2.24, 2.45) is 0 Å². The van der Waals surface area contributed by atoms with E-state index >= 15 is 0 Å². The number of amides is 2. The molecule has 0 heterocycles. The lowest BCUT2D eigenvalue weighted by molar-refractivity contribution is -0.117. The summed E-state index contributed by atoms with van der Waals surface area (Å²) in [6.45, 7) is -0.233. The van der Waals surface area contributed by atoms with Crippen LogP contribution in [0.3, 0.4) is 0 Å². The molecular weight excluding hydrogens is 713 g/mol. The molecule has 28 heavy (non-hydrogen) atoms. The van der Waals surface area contributed by atoms with Crippen LogP contribution in [0.5, 0.6) is 0 Å². The topological polar surface area (TPSA) is 147 Å². The Labute approximate surface area is 202 Å². The van der Waals surface area contributed by atoms with Gasteiger partial charge in [0, 0.05) is 26.2 Å². The molecule has 0 saturated heterocycles. The van der Waals surface area contributed by atoms with Gasteiger partial charge in [0.1, 0.15) is 0 Å². The fourth-order valence-corrected chi connectivity index (χ4v) is 6.71. The molecule has 0 aliphatic heterocycles. The number of carbonyl (C=O) groups excluding carboxylic acids is 3. The smallest absolute Gasteiger partial charge is 0.253 e. The van der Waals surface area contributed by atoms with Gasteiger partial charge in [0.05, 0.1) is 46.8 Å². The highest BCUT2D eigenvalue weighted by Gasteiger charge is 2.29. The van der Waals surface area contributed by atoms with E-state index in [9.17, 15) is 24.6 Å². The van der Waals surface area contributed by atoms with Crippen LogP contribution in [-0.4, -0.2) is 77.0 Å². The standard InChI is InChI=1S/C16H19I3N2O7/c1-7(25)21(3-9(27)5-23)15-13(18)10(6-24)12(17)11(14(15)19)16(28)20-2-8(26)4-22/h6,8-9,22-23,26-27H,2-5H2,1H3,(H,20,28). The maximum atomic E-state index is 12.7. The van der Waals surface area contributed by atoms with Crippen molar-refractivity contribution < 1.29 is 34.8 Å². The third kappa shape index (κ3) is 6.18. The van der Waals surface area contributed by atoms with Crippen LogP contribution >= 0.6 is 67.8 Å². The zero-order chi connectivity index (χ0) is 21.6. The summed E-state index contributed by atoms with van der Waals surface area (Å²) in [7, 11) is 0. The molecule has 5 N–H and O–H groups in total. The van der Waals surface area contributed by atoms with Crippen molar-refractivity contribution in [3.63, 3.8) is 0 Å². The first-order chi connectivity index (χ1) is 13.1. The number of anilines is 1. The van der Waals surface area contributed by atoms with Gasteiger partial charge in [0.2, 0.25) is 5.91 Å². The van der Waals surface area contributed by atoms with Gasteiger partial charge in [0.25, 0.3) is 5.91 Å². The average Bonchev–Trinajstić information content (AvgIpc) is 2.65. The lowest BCUT2D eigenvalue weighted by Gasteiger charge is -2.28. The number of halogens is 3. The molecule has 1 aromatic rings. The van der Waals surface area contributed by atoms with Crippen LogP contribution in [0.2, 0.25) is 0 Å². The largest absolute Gasteiger partial charge is 0.394 e. The fraction of sp³-hybridized carbons (Fsp3) is 0.438. The van der Waals surface area contributed by atoms with Gasteiger partial charge in [-0.1, -0.05) is 0 Å².